The standard InChI is InChI=1S/C25H29N3O3/c1-16(2)19-10-6-7-11-20(19)27-23(30)21-22(29)25(28-24(21)31)13-12-18(14-25)26-15-17-8-4-3-5-9-17/h3-11,16,18,21,26H,12-15H2,1-2H3,(H,27,30)(H,28,31)/t18-,21?,25+/m1/s1. The summed E-state index contributed by atoms with van der Waals surface area (Å²) in [5, 5.41) is 9.18. The number of anilines is 1. The monoisotopic (exact) mass is 419 g/mol. The Morgan fingerprint density at radius 1 is 1.10 bits per heavy atom. The van der Waals surface area contributed by atoms with Crippen LogP contribution in [0, 0.1) is 5.92 Å². The molecule has 0 aromatic heterocycles. The van der Waals surface area contributed by atoms with Crippen LogP contribution in [0.1, 0.15) is 50.2 Å². The molecule has 2 aromatic rings. The fourth-order valence-electron chi connectivity index (χ4n) is 4.74. The van der Waals surface area contributed by atoms with Crippen LogP contribution >= 0.6 is 0 Å². The molecule has 6 nitrogen and oxygen atoms in total. The SMILES string of the molecule is CC(C)c1ccccc1NC(=O)C1C(=O)N[C@]2(CC[C@@H](NCc3ccccc3)C2)C1=O. The minimum Gasteiger partial charge on any atom is -0.342 e. The summed E-state index contributed by atoms with van der Waals surface area (Å²) >= 11 is 0. The highest BCUT2D eigenvalue weighted by Crippen LogP contribution is 2.38. The van der Waals surface area contributed by atoms with Crippen molar-refractivity contribution in [2.24, 2.45) is 5.92 Å². The zero-order valence-electron chi connectivity index (χ0n) is 18.0. The van der Waals surface area contributed by atoms with Gasteiger partial charge in [-0.05, 0) is 42.4 Å². The number of para-hydroxylation sites is 1. The van der Waals surface area contributed by atoms with E-state index in [-0.39, 0.29) is 17.7 Å². The first kappa shape index (κ1) is 21.2. The first-order valence-corrected chi connectivity index (χ1v) is 10.9. The van der Waals surface area contributed by atoms with Gasteiger partial charge in [0.15, 0.2) is 11.7 Å². The topological polar surface area (TPSA) is 87.3 Å². The zero-order chi connectivity index (χ0) is 22.0. The van der Waals surface area contributed by atoms with Gasteiger partial charge in [0.1, 0.15) is 5.54 Å². The number of hydrogen-bond acceptors (Lipinski definition) is 4. The number of Topliss-reactive ketones (excluding diaryl/α,β-unsaturated/α-hetero) is 1. The van der Waals surface area contributed by atoms with E-state index in [0.717, 1.165) is 12.0 Å². The lowest BCUT2D eigenvalue weighted by molar-refractivity contribution is -0.135. The van der Waals surface area contributed by atoms with Crippen LogP contribution in [-0.2, 0) is 20.9 Å². The Morgan fingerprint density at radius 2 is 1.81 bits per heavy atom. The van der Waals surface area contributed by atoms with E-state index >= 15 is 0 Å². The van der Waals surface area contributed by atoms with Gasteiger partial charge < -0.3 is 16.0 Å². The first-order valence-electron chi connectivity index (χ1n) is 10.9. The van der Waals surface area contributed by atoms with Gasteiger partial charge in [0.05, 0.1) is 0 Å². The molecule has 1 spiro atoms. The molecule has 0 bridgehead atoms. The number of nitrogens with one attached hydrogen (secondary N) is 3. The molecule has 1 saturated heterocycles. The lowest BCUT2D eigenvalue weighted by Gasteiger charge is -2.22. The van der Waals surface area contributed by atoms with Gasteiger partial charge in [-0.25, -0.2) is 0 Å². The minimum atomic E-state index is -1.30. The van der Waals surface area contributed by atoms with Crippen LogP contribution in [0.4, 0.5) is 5.69 Å². The smallest absolute Gasteiger partial charge is 0.244 e. The second kappa shape index (κ2) is 8.63. The second-order valence-electron chi connectivity index (χ2n) is 8.91. The summed E-state index contributed by atoms with van der Waals surface area (Å²) in [5.74, 6) is -2.43. The van der Waals surface area contributed by atoms with Gasteiger partial charge in [0.2, 0.25) is 11.8 Å². The quantitative estimate of drug-likeness (QED) is 0.628. The number of ketones is 1. The predicted molar refractivity (Wildman–Crippen MR) is 119 cm³/mol. The van der Waals surface area contributed by atoms with Gasteiger partial charge in [0, 0.05) is 18.3 Å². The molecule has 1 saturated carbocycles. The summed E-state index contributed by atoms with van der Waals surface area (Å²) in [5.41, 5.74) is 1.86. The minimum absolute atomic E-state index is 0.118. The average molecular weight is 420 g/mol. The Labute approximate surface area is 182 Å². The van der Waals surface area contributed by atoms with Crippen molar-refractivity contribution in [2.45, 2.75) is 57.2 Å². The largest absolute Gasteiger partial charge is 0.342 e. The molecular weight excluding hydrogens is 390 g/mol. The van der Waals surface area contributed by atoms with Crippen molar-refractivity contribution in [3.05, 3.63) is 65.7 Å². The van der Waals surface area contributed by atoms with Crippen LogP contribution in [0.5, 0.6) is 0 Å². The first-order chi connectivity index (χ1) is 14.9. The van der Waals surface area contributed by atoms with Crippen LogP contribution in [0.25, 0.3) is 0 Å². The third-order valence-corrected chi connectivity index (χ3v) is 6.41. The number of rotatable bonds is 6. The Morgan fingerprint density at radius 3 is 2.55 bits per heavy atom. The highest BCUT2D eigenvalue weighted by atomic mass is 16.2. The molecule has 162 valence electrons. The van der Waals surface area contributed by atoms with Crippen LogP contribution in [0.15, 0.2) is 54.6 Å². The average Bonchev–Trinajstić information content (AvgIpc) is 3.27. The molecule has 31 heavy (non-hydrogen) atoms. The maximum absolute atomic E-state index is 13.2. The van der Waals surface area contributed by atoms with Crippen molar-refractivity contribution in [1.29, 1.82) is 0 Å². The second-order valence-corrected chi connectivity index (χ2v) is 8.91. The summed E-state index contributed by atoms with van der Waals surface area (Å²) in [7, 11) is 0. The Bertz CT molecular complexity index is 989. The molecule has 4 rings (SSSR count). The van der Waals surface area contributed by atoms with Gasteiger partial charge in [-0.15, -0.1) is 0 Å². The van der Waals surface area contributed by atoms with Gasteiger partial charge in [0.25, 0.3) is 0 Å². The number of amides is 2. The molecule has 1 unspecified atom stereocenters. The fraction of sp³-hybridized carbons (Fsp3) is 0.400. The maximum Gasteiger partial charge on any atom is 0.244 e. The highest BCUT2D eigenvalue weighted by Gasteiger charge is 2.58. The third-order valence-electron chi connectivity index (χ3n) is 6.41. The van der Waals surface area contributed by atoms with E-state index in [1.54, 1.807) is 6.07 Å². The molecule has 1 heterocycles. The molecule has 1 aliphatic carbocycles. The van der Waals surface area contributed by atoms with Crippen molar-refractivity contribution in [2.75, 3.05) is 5.32 Å². The van der Waals surface area contributed by atoms with E-state index in [1.165, 1.54) is 5.56 Å². The molecule has 0 radical (unpaired) electrons. The molecule has 2 aromatic carbocycles. The Kier molecular flexibility index (Phi) is 5.92. The van der Waals surface area contributed by atoms with Gasteiger partial charge in [-0.1, -0.05) is 62.4 Å². The normalized spacial score (nSPS) is 25.3. The zero-order valence-corrected chi connectivity index (χ0v) is 18.0. The number of hydrogen-bond donors (Lipinski definition) is 3. The van der Waals surface area contributed by atoms with Crippen molar-refractivity contribution in [3.63, 3.8) is 0 Å². The lowest BCUT2D eigenvalue weighted by Crippen LogP contribution is -2.45. The number of carbonyl (C=O) groups is 3. The summed E-state index contributed by atoms with van der Waals surface area (Å²) in [6, 6.07) is 17.7. The summed E-state index contributed by atoms with van der Waals surface area (Å²) in [6.07, 6.45) is 1.84. The number of benzene rings is 2. The molecule has 6 heteroatoms. The molecule has 3 atom stereocenters. The van der Waals surface area contributed by atoms with Crippen LogP contribution in [0.3, 0.4) is 0 Å². The van der Waals surface area contributed by atoms with Crippen LogP contribution < -0.4 is 16.0 Å². The Balaban J connectivity index is 1.42. The van der Waals surface area contributed by atoms with E-state index in [0.29, 0.717) is 25.1 Å². The molecule has 2 aliphatic rings. The van der Waals surface area contributed by atoms with Crippen LogP contribution in [-0.4, -0.2) is 29.2 Å². The van der Waals surface area contributed by atoms with Gasteiger partial charge in [-0.3, -0.25) is 14.4 Å². The predicted octanol–water partition coefficient (Wildman–Crippen LogP) is 3.14. The van der Waals surface area contributed by atoms with E-state index in [9.17, 15) is 14.4 Å². The van der Waals surface area contributed by atoms with Crippen LogP contribution in [0.2, 0.25) is 0 Å². The van der Waals surface area contributed by atoms with E-state index in [4.69, 9.17) is 0 Å². The number of carbonyl (C=O) groups excluding carboxylic acids is 3. The molecular formula is C25H29N3O3. The molecule has 1 aliphatic heterocycles. The summed E-state index contributed by atoms with van der Waals surface area (Å²) in [4.78, 5) is 38.8. The summed E-state index contributed by atoms with van der Waals surface area (Å²) < 4.78 is 0. The molecule has 2 amide bonds. The fourth-order valence-corrected chi connectivity index (χ4v) is 4.74. The van der Waals surface area contributed by atoms with Crippen molar-refractivity contribution in [3.8, 4) is 0 Å². The molecule has 3 N–H and O–H groups in total. The van der Waals surface area contributed by atoms with Crippen molar-refractivity contribution >= 4 is 23.3 Å². The third kappa shape index (κ3) is 4.26. The van der Waals surface area contributed by atoms with Crippen molar-refractivity contribution in [1.82, 2.24) is 10.6 Å². The van der Waals surface area contributed by atoms with Crippen molar-refractivity contribution < 1.29 is 14.4 Å². The van der Waals surface area contributed by atoms with E-state index in [2.05, 4.69) is 28.1 Å². The van der Waals surface area contributed by atoms with Gasteiger partial charge in [-0.2, -0.15) is 0 Å². The summed E-state index contributed by atoms with van der Waals surface area (Å²) in [6.45, 7) is 4.78. The highest BCUT2D eigenvalue weighted by molar-refractivity contribution is 6.28. The maximum atomic E-state index is 13.2. The van der Waals surface area contributed by atoms with E-state index in [1.807, 2.05) is 50.2 Å². The molecule has 2 fully saturated rings. The van der Waals surface area contributed by atoms with Gasteiger partial charge >= 0.3 is 0 Å². The Hall–Kier alpha value is -2.99. The lowest BCUT2D eigenvalue weighted by atomic mass is 9.88. The van der Waals surface area contributed by atoms with E-state index < -0.39 is 23.3 Å².